The molecular weight excluding hydrogens is 356 g/mol. The van der Waals surface area contributed by atoms with Crippen LogP contribution in [0.4, 0.5) is 11.4 Å². The summed E-state index contributed by atoms with van der Waals surface area (Å²) >= 11 is 12.6. The highest BCUT2D eigenvalue weighted by Gasteiger charge is 2.28. The van der Waals surface area contributed by atoms with Gasteiger partial charge in [0.25, 0.3) is 5.69 Å². The molecule has 0 radical (unpaired) electrons. The van der Waals surface area contributed by atoms with Gasteiger partial charge in [0.05, 0.1) is 4.92 Å². The summed E-state index contributed by atoms with van der Waals surface area (Å²) in [7, 11) is 0. The van der Waals surface area contributed by atoms with E-state index in [0.717, 1.165) is 25.1 Å². The van der Waals surface area contributed by atoms with E-state index in [1.165, 1.54) is 17.8 Å². The number of benzene rings is 1. The van der Waals surface area contributed by atoms with Gasteiger partial charge < -0.3 is 10.2 Å². The number of anilines is 1. The minimum Gasteiger partial charge on any atom is -0.361 e. The molecule has 0 spiro atoms. The molecule has 1 N–H and O–H groups in total. The molecule has 0 amide bonds. The number of nitro benzene ring substituents is 1. The molecule has 124 valence electrons. The molecule has 2 rings (SSSR count). The van der Waals surface area contributed by atoms with Gasteiger partial charge in [-0.1, -0.05) is 36.7 Å². The van der Waals surface area contributed by atoms with Gasteiger partial charge in [-0.2, -0.15) is 4.99 Å². The molecule has 1 aliphatic heterocycles. The molecular formula is C14H17ClN4O2S2. The molecule has 9 heteroatoms. The summed E-state index contributed by atoms with van der Waals surface area (Å²) in [6.07, 6.45) is 2.09. The average Bonchev–Trinajstić information content (AvgIpc) is 2.95. The van der Waals surface area contributed by atoms with Crippen LogP contribution in [0, 0.1) is 10.1 Å². The van der Waals surface area contributed by atoms with E-state index >= 15 is 0 Å². The summed E-state index contributed by atoms with van der Waals surface area (Å²) in [6.45, 7) is 3.52. The highest BCUT2D eigenvalue weighted by Crippen LogP contribution is 2.35. The van der Waals surface area contributed by atoms with Crippen molar-refractivity contribution in [1.29, 1.82) is 0 Å². The smallest absolute Gasteiger partial charge is 0.294 e. The number of nitro groups is 1. The molecule has 1 aliphatic rings. The summed E-state index contributed by atoms with van der Waals surface area (Å²) < 4.78 is 0. The molecule has 1 fully saturated rings. The van der Waals surface area contributed by atoms with Crippen molar-refractivity contribution < 1.29 is 4.92 Å². The molecule has 0 unspecified atom stereocenters. The first-order valence-electron chi connectivity index (χ1n) is 7.23. The van der Waals surface area contributed by atoms with Crippen molar-refractivity contribution in [3.8, 4) is 0 Å². The van der Waals surface area contributed by atoms with Crippen molar-refractivity contribution in [1.82, 2.24) is 5.32 Å². The Labute approximate surface area is 149 Å². The van der Waals surface area contributed by atoms with Crippen LogP contribution in [0.2, 0.25) is 5.02 Å². The molecule has 0 bridgehead atoms. The van der Waals surface area contributed by atoms with Crippen molar-refractivity contribution in [3.05, 3.63) is 33.3 Å². The van der Waals surface area contributed by atoms with Crippen LogP contribution < -0.4 is 10.2 Å². The largest absolute Gasteiger partial charge is 0.361 e. The predicted molar refractivity (Wildman–Crippen MR) is 101 cm³/mol. The van der Waals surface area contributed by atoms with E-state index in [-0.39, 0.29) is 5.69 Å². The molecule has 0 saturated carbocycles. The highest BCUT2D eigenvalue weighted by molar-refractivity contribution is 8.14. The molecule has 0 aliphatic carbocycles. The van der Waals surface area contributed by atoms with Crippen LogP contribution >= 0.6 is 35.6 Å². The number of nitrogens with one attached hydrogen (secondary N) is 1. The van der Waals surface area contributed by atoms with Crippen molar-refractivity contribution in [2.45, 2.75) is 19.8 Å². The minimum absolute atomic E-state index is 0.0300. The lowest BCUT2D eigenvalue weighted by atomic mass is 10.2. The Morgan fingerprint density at radius 3 is 3.09 bits per heavy atom. The Hall–Kier alpha value is -1.38. The van der Waals surface area contributed by atoms with Gasteiger partial charge in [-0.3, -0.25) is 10.1 Å². The number of hydrogen-bond acceptors (Lipinski definition) is 4. The molecule has 0 aromatic heterocycles. The van der Waals surface area contributed by atoms with E-state index in [0.29, 0.717) is 27.5 Å². The second kappa shape index (κ2) is 8.47. The number of unbranched alkanes of at least 4 members (excludes halogenated alkanes) is 1. The normalized spacial score (nSPS) is 15.9. The number of thiocarbonyl (C=S) groups is 1. The highest BCUT2D eigenvalue weighted by atomic mass is 35.5. The molecule has 23 heavy (non-hydrogen) atoms. The van der Waals surface area contributed by atoms with Gasteiger partial charge in [0, 0.05) is 29.9 Å². The zero-order valence-electron chi connectivity index (χ0n) is 12.6. The van der Waals surface area contributed by atoms with E-state index in [1.807, 2.05) is 4.90 Å². The summed E-state index contributed by atoms with van der Waals surface area (Å²) in [5, 5.41) is 15.8. The lowest BCUT2D eigenvalue weighted by Crippen LogP contribution is -2.28. The molecule has 1 aromatic rings. The van der Waals surface area contributed by atoms with Crippen LogP contribution in [-0.4, -0.2) is 34.0 Å². The third kappa shape index (κ3) is 4.79. The quantitative estimate of drug-likeness (QED) is 0.366. The number of aliphatic imine (C=N–C) groups is 1. The van der Waals surface area contributed by atoms with E-state index in [1.54, 1.807) is 12.1 Å². The van der Waals surface area contributed by atoms with E-state index in [4.69, 9.17) is 23.8 Å². The second-order valence-electron chi connectivity index (χ2n) is 4.87. The van der Waals surface area contributed by atoms with Crippen LogP contribution in [-0.2, 0) is 0 Å². The first-order valence-corrected chi connectivity index (χ1v) is 9.01. The molecule has 1 aromatic carbocycles. The van der Waals surface area contributed by atoms with Crippen LogP contribution in [0.15, 0.2) is 23.2 Å². The number of hydrogen-bond donors (Lipinski definition) is 1. The minimum atomic E-state index is -0.431. The van der Waals surface area contributed by atoms with Gasteiger partial charge in [0.1, 0.15) is 5.69 Å². The number of halogens is 1. The van der Waals surface area contributed by atoms with E-state index < -0.39 is 4.92 Å². The fraction of sp³-hybridized carbons (Fsp3) is 0.429. The molecule has 0 atom stereocenters. The van der Waals surface area contributed by atoms with Crippen LogP contribution in [0.3, 0.4) is 0 Å². The number of nitrogens with zero attached hydrogens (tertiary/aromatic N) is 3. The average molecular weight is 373 g/mol. The van der Waals surface area contributed by atoms with Crippen LogP contribution in [0.5, 0.6) is 0 Å². The standard InChI is InChI=1S/C14H17ClN4O2S2/c1-2-3-6-16-13(22)17-14-18(7-8-23-14)11-5-4-10(15)9-12(11)19(20)21/h4-5,9H,2-3,6-8H2,1H3,(H,16,22). The van der Waals surface area contributed by atoms with Crippen LogP contribution in [0.1, 0.15) is 19.8 Å². The summed E-state index contributed by atoms with van der Waals surface area (Å²) in [5.41, 5.74) is 0.456. The lowest BCUT2D eigenvalue weighted by molar-refractivity contribution is -0.384. The van der Waals surface area contributed by atoms with Crippen molar-refractivity contribution in [3.63, 3.8) is 0 Å². The second-order valence-corrected chi connectivity index (χ2v) is 6.76. The fourth-order valence-corrected chi connectivity index (χ4v) is 3.46. The third-order valence-corrected chi connectivity index (χ3v) is 4.63. The maximum Gasteiger partial charge on any atom is 0.294 e. The van der Waals surface area contributed by atoms with Gasteiger partial charge >= 0.3 is 0 Å². The maximum atomic E-state index is 11.3. The predicted octanol–water partition coefficient (Wildman–Crippen LogP) is 3.83. The topological polar surface area (TPSA) is 70.8 Å². The first-order chi connectivity index (χ1) is 11.0. The summed E-state index contributed by atoms with van der Waals surface area (Å²) in [5.74, 6) is 0.802. The van der Waals surface area contributed by atoms with Crippen LogP contribution in [0.25, 0.3) is 0 Å². The number of rotatable bonds is 5. The zero-order chi connectivity index (χ0) is 16.8. The van der Waals surface area contributed by atoms with Crippen molar-refractivity contribution in [2.75, 3.05) is 23.7 Å². The fourth-order valence-electron chi connectivity index (χ4n) is 2.09. The monoisotopic (exact) mass is 372 g/mol. The Morgan fingerprint density at radius 1 is 1.61 bits per heavy atom. The Morgan fingerprint density at radius 2 is 2.39 bits per heavy atom. The summed E-state index contributed by atoms with van der Waals surface area (Å²) in [6, 6.07) is 4.65. The number of amidine groups is 1. The van der Waals surface area contributed by atoms with E-state index in [9.17, 15) is 10.1 Å². The third-order valence-electron chi connectivity index (χ3n) is 3.21. The van der Waals surface area contributed by atoms with Gasteiger partial charge in [0.15, 0.2) is 10.3 Å². The molecule has 1 heterocycles. The zero-order valence-corrected chi connectivity index (χ0v) is 15.0. The van der Waals surface area contributed by atoms with Gasteiger partial charge in [-0.05, 0) is 30.8 Å². The first kappa shape index (κ1) is 18.0. The molecule has 6 nitrogen and oxygen atoms in total. The number of thioether (sulfide) groups is 1. The Kier molecular flexibility index (Phi) is 6.61. The summed E-state index contributed by atoms with van der Waals surface area (Å²) in [4.78, 5) is 17.0. The van der Waals surface area contributed by atoms with Crippen molar-refractivity contribution >= 4 is 57.2 Å². The van der Waals surface area contributed by atoms with E-state index in [2.05, 4.69) is 17.2 Å². The molecule has 1 saturated heterocycles. The van der Waals surface area contributed by atoms with Gasteiger partial charge in [-0.25, -0.2) is 0 Å². The van der Waals surface area contributed by atoms with Crippen molar-refractivity contribution in [2.24, 2.45) is 4.99 Å². The Bertz CT molecular complexity index is 639. The Balaban J connectivity index is 2.22. The van der Waals surface area contributed by atoms with Gasteiger partial charge in [-0.15, -0.1) is 0 Å². The van der Waals surface area contributed by atoms with Gasteiger partial charge in [0.2, 0.25) is 0 Å². The lowest BCUT2D eigenvalue weighted by Gasteiger charge is -2.18. The maximum absolute atomic E-state index is 11.3. The SMILES string of the molecule is CCCCNC(=S)N=C1SCCN1c1ccc(Cl)cc1[N+](=O)[O-].